The zero-order valence-corrected chi connectivity index (χ0v) is 11.7. The van der Waals surface area contributed by atoms with E-state index in [2.05, 4.69) is 20.1 Å². The predicted octanol–water partition coefficient (Wildman–Crippen LogP) is 2.72. The summed E-state index contributed by atoms with van der Waals surface area (Å²) < 4.78 is 1.65. The molecule has 23 heavy (non-hydrogen) atoms. The van der Waals surface area contributed by atoms with Gasteiger partial charge in [0.25, 0.3) is 5.69 Å². The van der Waals surface area contributed by atoms with Crippen molar-refractivity contribution in [2.45, 2.75) is 0 Å². The van der Waals surface area contributed by atoms with Crippen molar-refractivity contribution in [2.24, 2.45) is 0 Å². The summed E-state index contributed by atoms with van der Waals surface area (Å²) in [4.78, 5) is 22.2. The zero-order chi connectivity index (χ0) is 15.8. The standard InChI is InChI=1S/C15H10N6O2/c22-21(23)11-4-1-3-10(7-11)13-8-12-14(19-13)16-9-17-15(12)20-6-2-5-18-20/h1-9H,(H,16,17,19). The molecule has 0 amide bonds. The molecule has 0 spiro atoms. The average Bonchev–Trinajstić information content (AvgIpc) is 3.24. The summed E-state index contributed by atoms with van der Waals surface area (Å²) in [5, 5.41) is 15.9. The topological polar surface area (TPSA) is 103 Å². The maximum atomic E-state index is 10.9. The first-order valence-electron chi connectivity index (χ1n) is 6.81. The van der Waals surface area contributed by atoms with Gasteiger partial charge >= 0.3 is 0 Å². The van der Waals surface area contributed by atoms with E-state index in [1.165, 1.54) is 18.5 Å². The van der Waals surface area contributed by atoms with E-state index in [0.29, 0.717) is 17.0 Å². The Balaban J connectivity index is 1.88. The second-order valence-corrected chi connectivity index (χ2v) is 4.90. The molecule has 8 heteroatoms. The number of nitro benzene ring substituents is 1. The summed E-state index contributed by atoms with van der Waals surface area (Å²) in [7, 11) is 0. The van der Waals surface area contributed by atoms with Crippen LogP contribution in [0, 0.1) is 10.1 Å². The molecule has 0 unspecified atom stereocenters. The molecule has 4 rings (SSSR count). The molecule has 112 valence electrons. The maximum absolute atomic E-state index is 10.9. The minimum atomic E-state index is -0.416. The highest BCUT2D eigenvalue weighted by atomic mass is 16.6. The summed E-state index contributed by atoms with van der Waals surface area (Å²) in [6.07, 6.45) is 4.91. The Hall–Kier alpha value is -3.55. The summed E-state index contributed by atoms with van der Waals surface area (Å²) in [5.74, 6) is 0.646. The second kappa shape index (κ2) is 5.02. The lowest BCUT2D eigenvalue weighted by molar-refractivity contribution is -0.384. The summed E-state index contributed by atoms with van der Waals surface area (Å²) >= 11 is 0. The number of aromatic amines is 1. The van der Waals surface area contributed by atoms with Gasteiger partial charge in [0, 0.05) is 35.8 Å². The van der Waals surface area contributed by atoms with Crippen LogP contribution in [0.2, 0.25) is 0 Å². The van der Waals surface area contributed by atoms with Gasteiger partial charge in [0.1, 0.15) is 12.0 Å². The third-order valence-electron chi connectivity index (χ3n) is 3.49. The number of hydrogen-bond acceptors (Lipinski definition) is 5. The third-order valence-corrected chi connectivity index (χ3v) is 3.49. The summed E-state index contributed by atoms with van der Waals surface area (Å²) in [5.41, 5.74) is 2.13. The van der Waals surface area contributed by atoms with E-state index in [1.807, 2.05) is 12.1 Å². The van der Waals surface area contributed by atoms with Gasteiger partial charge in [-0.1, -0.05) is 12.1 Å². The molecule has 8 nitrogen and oxygen atoms in total. The fraction of sp³-hybridized carbons (Fsp3) is 0. The second-order valence-electron chi connectivity index (χ2n) is 4.90. The number of H-pyrrole nitrogens is 1. The number of nitro groups is 1. The van der Waals surface area contributed by atoms with Gasteiger partial charge in [0.15, 0.2) is 5.82 Å². The summed E-state index contributed by atoms with van der Waals surface area (Å²) in [6.45, 7) is 0. The fourth-order valence-corrected chi connectivity index (χ4v) is 2.45. The first-order chi connectivity index (χ1) is 11.2. The van der Waals surface area contributed by atoms with Gasteiger partial charge in [-0.2, -0.15) is 5.10 Å². The first kappa shape index (κ1) is 13.1. The predicted molar refractivity (Wildman–Crippen MR) is 83.1 cm³/mol. The lowest BCUT2D eigenvalue weighted by atomic mass is 10.1. The molecule has 0 bridgehead atoms. The van der Waals surface area contributed by atoms with Crippen LogP contribution in [0.4, 0.5) is 5.69 Å². The smallest absolute Gasteiger partial charge is 0.270 e. The number of nitrogens with one attached hydrogen (secondary N) is 1. The highest BCUT2D eigenvalue weighted by Crippen LogP contribution is 2.27. The van der Waals surface area contributed by atoms with Crippen LogP contribution in [0.25, 0.3) is 28.1 Å². The minimum absolute atomic E-state index is 0.0412. The number of rotatable bonds is 3. The number of aromatic nitrogens is 5. The van der Waals surface area contributed by atoms with E-state index in [1.54, 1.807) is 29.2 Å². The van der Waals surface area contributed by atoms with Crippen LogP contribution in [-0.4, -0.2) is 29.7 Å². The Morgan fingerprint density at radius 3 is 2.87 bits per heavy atom. The quantitative estimate of drug-likeness (QED) is 0.463. The van der Waals surface area contributed by atoms with Crippen LogP contribution in [0.5, 0.6) is 0 Å². The number of non-ortho nitro benzene ring substituents is 1. The fourth-order valence-electron chi connectivity index (χ4n) is 2.45. The normalized spacial score (nSPS) is 11.0. The Morgan fingerprint density at radius 2 is 2.09 bits per heavy atom. The molecule has 4 aromatic rings. The SMILES string of the molecule is O=[N+]([O-])c1cccc(-c2cc3c(-n4cccn4)ncnc3[nH]2)c1. The Bertz CT molecular complexity index is 1010. The van der Waals surface area contributed by atoms with Crippen LogP contribution >= 0.6 is 0 Å². The van der Waals surface area contributed by atoms with Crippen molar-refractivity contribution in [1.29, 1.82) is 0 Å². The molecule has 0 aliphatic carbocycles. The molecule has 0 fully saturated rings. The molecule has 1 N–H and O–H groups in total. The Kier molecular flexibility index (Phi) is 2.87. The van der Waals surface area contributed by atoms with Gasteiger partial charge in [-0.25, -0.2) is 14.6 Å². The van der Waals surface area contributed by atoms with Crippen LogP contribution in [0.3, 0.4) is 0 Å². The van der Waals surface area contributed by atoms with Crippen LogP contribution in [0.1, 0.15) is 0 Å². The maximum Gasteiger partial charge on any atom is 0.270 e. The van der Waals surface area contributed by atoms with Crippen molar-refractivity contribution < 1.29 is 4.92 Å². The molecular weight excluding hydrogens is 296 g/mol. The Labute approximate surface area is 129 Å². The highest BCUT2D eigenvalue weighted by molar-refractivity contribution is 5.88. The van der Waals surface area contributed by atoms with E-state index in [4.69, 9.17) is 0 Å². The summed E-state index contributed by atoms with van der Waals surface area (Å²) in [6, 6.07) is 10.1. The lowest BCUT2D eigenvalue weighted by Crippen LogP contribution is -1.98. The molecule has 0 aliphatic heterocycles. The van der Waals surface area contributed by atoms with Gasteiger partial charge in [0.05, 0.1) is 10.3 Å². The number of benzene rings is 1. The van der Waals surface area contributed by atoms with Gasteiger partial charge in [-0.3, -0.25) is 10.1 Å². The van der Waals surface area contributed by atoms with Crippen molar-refractivity contribution in [3.8, 4) is 17.1 Å². The van der Waals surface area contributed by atoms with Gasteiger partial charge in [0.2, 0.25) is 0 Å². The molecule has 3 heterocycles. The zero-order valence-electron chi connectivity index (χ0n) is 11.7. The molecule has 0 atom stereocenters. The van der Waals surface area contributed by atoms with Crippen molar-refractivity contribution in [3.63, 3.8) is 0 Å². The minimum Gasteiger partial charge on any atom is -0.339 e. The van der Waals surface area contributed by atoms with Crippen molar-refractivity contribution >= 4 is 16.7 Å². The van der Waals surface area contributed by atoms with Crippen molar-refractivity contribution in [3.05, 3.63) is 65.2 Å². The average molecular weight is 306 g/mol. The van der Waals surface area contributed by atoms with E-state index in [-0.39, 0.29) is 5.69 Å². The highest BCUT2D eigenvalue weighted by Gasteiger charge is 2.13. The van der Waals surface area contributed by atoms with Crippen LogP contribution < -0.4 is 0 Å². The van der Waals surface area contributed by atoms with E-state index in [0.717, 1.165) is 11.1 Å². The van der Waals surface area contributed by atoms with Crippen molar-refractivity contribution in [1.82, 2.24) is 24.7 Å². The molecule has 1 aromatic carbocycles. The van der Waals surface area contributed by atoms with Gasteiger partial charge < -0.3 is 4.98 Å². The van der Waals surface area contributed by atoms with E-state index >= 15 is 0 Å². The third kappa shape index (κ3) is 2.22. The molecule has 0 saturated heterocycles. The molecule has 0 aliphatic rings. The van der Waals surface area contributed by atoms with Crippen molar-refractivity contribution in [2.75, 3.05) is 0 Å². The number of fused-ring (bicyclic) bond motifs is 1. The monoisotopic (exact) mass is 306 g/mol. The molecular formula is C15H10N6O2. The van der Waals surface area contributed by atoms with E-state index < -0.39 is 4.92 Å². The van der Waals surface area contributed by atoms with Gasteiger partial charge in [-0.05, 0) is 12.1 Å². The Morgan fingerprint density at radius 1 is 1.17 bits per heavy atom. The van der Waals surface area contributed by atoms with Crippen LogP contribution in [-0.2, 0) is 0 Å². The largest absolute Gasteiger partial charge is 0.339 e. The first-order valence-corrected chi connectivity index (χ1v) is 6.81. The molecule has 0 radical (unpaired) electrons. The lowest BCUT2D eigenvalue weighted by Gasteiger charge is -1.99. The van der Waals surface area contributed by atoms with E-state index in [9.17, 15) is 10.1 Å². The van der Waals surface area contributed by atoms with Crippen LogP contribution in [0.15, 0.2) is 55.1 Å². The number of hydrogen-bond donors (Lipinski definition) is 1. The molecule has 0 saturated carbocycles. The van der Waals surface area contributed by atoms with Gasteiger partial charge in [-0.15, -0.1) is 0 Å². The number of nitrogens with zero attached hydrogens (tertiary/aromatic N) is 5. The molecule has 3 aromatic heterocycles.